The van der Waals surface area contributed by atoms with E-state index in [1.807, 2.05) is 18.2 Å². The number of anilines is 2. The Kier molecular flexibility index (Phi) is 7.03. The molecule has 0 spiro atoms. The van der Waals surface area contributed by atoms with E-state index in [9.17, 15) is 14.7 Å². The number of amides is 2. The smallest absolute Gasteiger partial charge is 0.255 e. The highest BCUT2D eigenvalue weighted by atomic mass is 16.3. The summed E-state index contributed by atoms with van der Waals surface area (Å²) in [4.78, 5) is 30.2. The quantitative estimate of drug-likeness (QED) is 0.321. The topological polar surface area (TPSA) is 117 Å². The van der Waals surface area contributed by atoms with Crippen molar-refractivity contribution in [3.8, 4) is 0 Å². The van der Waals surface area contributed by atoms with Gasteiger partial charge in [0.25, 0.3) is 11.8 Å². The molecule has 0 aliphatic heterocycles. The minimum atomic E-state index is -1.54. The molecule has 0 bridgehead atoms. The molecule has 0 aliphatic rings. The average molecular weight is 483 g/mol. The van der Waals surface area contributed by atoms with Crippen molar-refractivity contribution in [1.82, 2.24) is 10.3 Å². The lowest BCUT2D eigenvalue weighted by Gasteiger charge is -2.24. The number of fused-ring (bicyclic) bond motifs is 1. The van der Waals surface area contributed by atoms with Crippen molar-refractivity contribution in [2.24, 2.45) is 0 Å². The fourth-order valence-electron chi connectivity index (χ4n) is 4.00. The van der Waals surface area contributed by atoms with Gasteiger partial charge in [0.15, 0.2) is 6.10 Å². The van der Waals surface area contributed by atoms with Crippen LogP contribution in [0.4, 0.5) is 11.5 Å². The zero-order valence-electron chi connectivity index (χ0n) is 20.5. The van der Waals surface area contributed by atoms with Gasteiger partial charge in [-0.1, -0.05) is 63.2 Å². The van der Waals surface area contributed by atoms with E-state index in [-0.39, 0.29) is 11.3 Å². The molecule has 5 N–H and O–H groups in total. The van der Waals surface area contributed by atoms with Crippen LogP contribution < -0.4 is 16.4 Å². The lowest BCUT2D eigenvalue weighted by Crippen LogP contribution is -2.42. The third-order valence-corrected chi connectivity index (χ3v) is 6.11. The van der Waals surface area contributed by atoms with Crippen molar-refractivity contribution in [1.29, 1.82) is 0 Å². The minimum Gasteiger partial charge on any atom is -0.383 e. The largest absolute Gasteiger partial charge is 0.383 e. The molecular formula is C29H30N4O3. The molecule has 2 unspecified atom stereocenters. The normalized spacial score (nSPS) is 13.1. The molecule has 0 saturated heterocycles. The van der Waals surface area contributed by atoms with Gasteiger partial charge in [0.1, 0.15) is 5.82 Å². The first-order chi connectivity index (χ1) is 17.1. The van der Waals surface area contributed by atoms with Crippen LogP contribution in [0.1, 0.15) is 48.3 Å². The first-order valence-corrected chi connectivity index (χ1v) is 11.7. The molecule has 36 heavy (non-hydrogen) atoms. The Morgan fingerprint density at radius 3 is 2.31 bits per heavy atom. The SMILES string of the molecule is CC(C)(C)c1ccc(C(=O)NC(c2ccccc2)C(O)C(=O)Nc2ccc3c(N)nccc3c2)cc1. The number of nitrogens with two attached hydrogens (primary N) is 1. The summed E-state index contributed by atoms with van der Waals surface area (Å²) >= 11 is 0. The summed E-state index contributed by atoms with van der Waals surface area (Å²) < 4.78 is 0. The van der Waals surface area contributed by atoms with Crippen LogP contribution in [0.2, 0.25) is 0 Å². The second-order valence-corrected chi connectivity index (χ2v) is 9.76. The van der Waals surface area contributed by atoms with Crippen LogP contribution in [-0.4, -0.2) is 28.0 Å². The first-order valence-electron chi connectivity index (χ1n) is 11.7. The number of aliphatic hydroxyl groups excluding tert-OH is 1. The van der Waals surface area contributed by atoms with Crippen LogP contribution in [0.25, 0.3) is 10.8 Å². The Morgan fingerprint density at radius 1 is 0.944 bits per heavy atom. The van der Waals surface area contributed by atoms with E-state index in [0.29, 0.717) is 22.6 Å². The molecule has 0 aliphatic carbocycles. The Balaban J connectivity index is 1.55. The molecular weight excluding hydrogens is 452 g/mol. The van der Waals surface area contributed by atoms with E-state index < -0.39 is 18.1 Å². The molecule has 7 heteroatoms. The number of hydrogen-bond donors (Lipinski definition) is 4. The van der Waals surface area contributed by atoms with Crippen molar-refractivity contribution in [2.75, 3.05) is 11.1 Å². The Hall–Kier alpha value is -4.23. The van der Waals surface area contributed by atoms with Crippen LogP contribution in [0.3, 0.4) is 0 Å². The van der Waals surface area contributed by atoms with Crippen LogP contribution in [0.5, 0.6) is 0 Å². The summed E-state index contributed by atoms with van der Waals surface area (Å²) in [7, 11) is 0. The van der Waals surface area contributed by atoms with E-state index >= 15 is 0 Å². The predicted octanol–water partition coefficient (Wildman–Crippen LogP) is 4.59. The monoisotopic (exact) mass is 482 g/mol. The number of benzene rings is 3. The summed E-state index contributed by atoms with van der Waals surface area (Å²) in [6, 6.07) is 22.3. The molecule has 3 aromatic carbocycles. The Bertz CT molecular complexity index is 1380. The van der Waals surface area contributed by atoms with Gasteiger partial charge in [0, 0.05) is 22.8 Å². The maximum Gasteiger partial charge on any atom is 0.255 e. The molecule has 0 radical (unpaired) electrons. The third kappa shape index (κ3) is 5.53. The summed E-state index contributed by atoms with van der Waals surface area (Å²) in [6.07, 6.45) is 0.0519. The summed E-state index contributed by atoms with van der Waals surface area (Å²) in [5.41, 5.74) is 8.51. The number of carbonyl (C=O) groups excluding carboxylic acids is 2. The van der Waals surface area contributed by atoms with Crippen molar-refractivity contribution in [3.63, 3.8) is 0 Å². The van der Waals surface area contributed by atoms with Gasteiger partial charge < -0.3 is 21.5 Å². The number of nitrogen functional groups attached to an aromatic ring is 1. The predicted molar refractivity (Wildman–Crippen MR) is 143 cm³/mol. The second-order valence-electron chi connectivity index (χ2n) is 9.76. The van der Waals surface area contributed by atoms with E-state index in [1.165, 1.54) is 0 Å². The number of carbonyl (C=O) groups is 2. The van der Waals surface area contributed by atoms with Gasteiger partial charge in [-0.2, -0.15) is 0 Å². The van der Waals surface area contributed by atoms with E-state index in [4.69, 9.17) is 5.73 Å². The van der Waals surface area contributed by atoms with Gasteiger partial charge in [-0.15, -0.1) is 0 Å². The summed E-state index contributed by atoms with van der Waals surface area (Å²) in [5, 5.41) is 18.2. The maximum absolute atomic E-state index is 13.1. The van der Waals surface area contributed by atoms with E-state index in [2.05, 4.69) is 36.4 Å². The number of pyridine rings is 1. The number of nitrogens with one attached hydrogen (secondary N) is 2. The van der Waals surface area contributed by atoms with Gasteiger partial charge in [-0.05, 0) is 58.3 Å². The van der Waals surface area contributed by atoms with Crippen molar-refractivity contribution in [3.05, 3.63) is 102 Å². The molecule has 2 amide bonds. The number of nitrogens with zero attached hydrogens (tertiary/aromatic N) is 1. The van der Waals surface area contributed by atoms with Gasteiger partial charge in [0.05, 0.1) is 6.04 Å². The molecule has 184 valence electrons. The molecule has 4 rings (SSSR count). The average Bonchev–Trinajstić information content (AvgIpc) is 2.87. The van der Waals surface area contributed by atoms with Crippen LogP contribution >= 0.6 is 0 Å². The zero-order chi connectivity index (χ0) is 25.9. The van der Waals surface area contributed by atoms with Crippen molar-refractivity contribution >= 4 is 34.1 Å². The minimum absolute atomic E-state index is 0.0408. The first kappa shape index (κ1) is 24.9. The van der Waals surface area contributed by atoms with Gasteiger partial charge in [-0.25, -0.2) is 4.98 Å². The highest BCUT2D eigenvalue weighted by molar-refractivity contribution is 6.00. The molecule has 4 aromatic rings. The molecule has 1 heterocycles. The second kappa shape index (κ2) is 10.2. The van der Waals surface area contributed by atoms with Gasteiger partial charge in [-0.3, -0.25) is 9.59 Å². The number of rotatable bonds is 6. The van der Waals surface area contributed by atoms with E-state index in [0.717, 1.165) is 16.3 Å². The van der Waals surface area contributed by atoms with E-state index in [1.54, 1.807) is 66.9 Å². The molecule has 2 atom stereocenters. The maximum atomic E-state index is 13.1. The van der Waals surface area contributed by atoms with Gasteiger partial charge >= 0.3 is 0 Å². The molecule has 0 fully saturated rings. The molecule has 1 aromatic heterocycles. The molecule has 0 saturated carbocycles. The zero-order valence-corrected chi connectivity index (χ0v) is 20.5. The Labute approximate surface area is 210 Å². The highest BCUT2D eigenvalue weighted by Gasteiger charge is 2.29. The Morgan fingerprint density at radius 2 is 1.64 bits per heavy atom. The standard InChI is InChI=1S/C29H30N4O3/c1-29(2,3)21-11-9-19(10-12-21)27(35)33-24(18-7-5-4-6-8-18)25(34)28(36)32-22-13-14-23-20(17-22)15-16-31-26(23)30/h4-17,24-25,34H,1-3H3,(H2,30,31)(H,32,36)(H,33,35). The number of aliphatic hydroxyl groups is 1. The molecule has 7 nitrogen and oxygen atoms in total. The van der Waals surface area contributed by atoms with Crippen molar-refractivity contribution < 1.29 is 14.7 Å². The van der Waals surface area contributed by atoms with Crippen LogP contribution in [-0.2, 0) is 10.2 Å². The number of aromatic nitrogens is 1. The third-order valence-electron chi connectivity index (χ3n) is 6.11. The lowest BCUT2D eigenvalue weighted by molar-refractivity contribution is -0.125. The highest BCUT2D eigenvalue weighted by Crippen LogP contribution is 2.25. The fourth-order valence-corrected chi connectivity index (χ4v) is 4.00. The van der Waals surface area contributed by atoms with Crippen LogP contribution in [0.15, 0.2) is 85.1 Å². The van der Waals surface area contributed by atoms with Gasteiger partial charge in [0.2, 0.25) is 0 Å². The lowest BCUT2D eigenvalue weighted by atomic mass is 9.86. The fraction of sp³-hybridized carbons (Fsp3) is 0.207. The van der Waals surface area contributed by atoms with Crippen molar-refractivity contribution in [2.45, 2.75) is 38.3 Å². The summed E-state index contributed by atoms with van der Waals surface area (Å²) in [5.74, 6) is -0.633. The van der Waals surface area contributed by atoms with Crippen LogP contribution in [0, 0.1) is 0 Å². The summed E-state index contributed by atoms with van der Waals surface area (Å²) in [6.45, 7) is 6.30. The number of hydrogen-bond acceptors (Lipinski definition) is 5.